The first-order valence-corrected chi connectivity index (χ1v) is 11.0. The van der Waals surface area contributed by atoms with Gasteiger partial charge in [-0.15, -0.1) is 11.8 Å². The normalized spacial score (nSPS) is 11.1. The SMILES string of the molecule is COc1ccc(CSCC(=O)N/N=C\c2cc(C)n(-c3ccc(Cl)cc3)c2C)cc1. The van der Waals surface area contributed by atoms with Crippen molar-refractivity contribution in [3.8, 4) is 11.4 Å². The fourth-order valence-electron chi connectivity index (χ4n) is 3.10. The van der Waals surface area contributed by atoms with Crippen LogP contribution in [0.3, 0.4) is 0 Å². The molecule has 0 radical (unpaired) electrons. The lowest BCUT2D eigenvalue weighted by atomic mass is 10.2. The molecular weight excluding hydrogens is 418 g/mol. The van der Waals surface area contributed by atoms with E-state index in [2.05, 4.69) is 15.1 Å². The van der Waals surface area contributed by atoms with Gasteiger partial charge in [-0.2, -0.15) is 5.10 Å². The number of hydrogen-bond donors (Lipinski definition) is 1. The van der Waals surface area contributed by atoms with Crippen molar-refractivity contribution < 1.29 is 9.53 Å². The summed E-state index contributed by atoms with van der Waals surface area (Å²) in [5.74, 6) is 1.79. The summed E-state index contributed by atoms with van der Waals surface area (Å²) in [6.07, 6.45) is 1.68. The van der Waals surface area contributed by atoms with Gasteiger partial charge < -0.3 is 9.30 Å². The Labute approximate surface area is 186 Å². The number of rotatable bonds is 8. The van der Waals surface area contributed by atoms with Crippen LogP contribution in [0.4, 0.5) is 0 Å². The van der Waals surface area contributed by atoms with E-state index in [-0.39, 0.29) is 5.91 Å². The second-order valence-corrected chi connectivity index (χ2v) is 8.19. The van der Waals surface area contributed by atoms with Crippen molar-refractivity contribution in [2.45, 2.75) is 19.6 Å². The maximum Gasteiger partial charge on any atom is 0.250 e. The van der Waals surface area contributed by atoms with Crippen molar-refractivity contribution in [3.05, 3.63) is 82.1 Å². The summed E-state index contributed by atoms with van der Waals surface area (Å²) in [5, 5.41) is 4.83. The predicted molar refractivity (Wildman–Crippen MR) is 125 cm³/mol. The Kier molecular flexibility index (Phi) is 7.60. The largest absolute Gasteiger partial charge is 0.497 e. The summed E-state index contributed by atoms with van der Waals surface area (Å²) in [6.45, 7) is 4.06. The van der Waals surface area contributed by atoms with Crippen LogP contribution in [-0.4, -0.2) is 29.6 Å². The number of amides is 1. The molecule has 5 nitrogen and oxygen atoms in total. The van der Waals surface area contributed by atoms with Crippen LogP contribution in [0.5, 0.6) is 5.75 Å². The molecule has 0 aliphatic carbocycles. The molecule has 156 valence electrons. The van der Waals surface area contributed by atoms with E-state index in [1.807, 2.05) is 68.4 Å². The van der Waals surface area contributed by atoms with Gasteiger partial charge in [0.25, 0.3) is 0 Å². The number of ether oxygens (including phenoxy) is 1. The van der Waals surface area contributed by atoms with Crippen LogP contribution in [0.15, 0.2) is 59.7 Å². The van der Waals surface area contributed by atoms with Crippen molar-refractivity contribution in [2.75, 3.05) is 12.9 Å². The van der Waals surface area contributed by atoms with Crippen LogP contribution in [-0.2, 0) is 10.5 Å². The fraction of sp³-hybridized carbons (Fsp3) is 0.217. The molecule has 30 heavy (non-hydrogen) atoms. The molecule has 1 heterocycles. The molecule has 1 amide bonds. The third kappa shape index (κ3) is 5.68. The number of thioether (sulfide) groups is 1. The molecule has 0 unspecified atom stereocenters. The van der Waals surface area contributed by atoms with Gasteiger partial charge >= 0.3 is 0 Å². The summed E-state index contributed by atoms with van der Waals surface area (Å²) in [4.78, 5) is 12.1. The second-order valence-electron chi connectivity index (χ2n) is 6.77. The van der Waals surface area contributed by atoms with Gasteiger partial charge in [-0.1, -0.05) is 23.7 Å². The molecule has 2 aromatic carbocycles. The molecule has 0 atom stereocenters. The van der Waals surface area contributed by atoms with Gasteiger partial charge in [0.05, 0.1) is 19.1 Å². The molecule has 3 rings (SSSR count). The monoisotopic (exact) mass is 441 g/mol. The first-order valence-electron chi connectivity index (χ1n) is 9.45. The summed E-state index contributed by atoms with van der Waals surface area (Å²) >= 11 is 7.53. The average Bonchev–Trinajstić information content (AvgIpc) is 3.02. The molecule has 0 aliphatic heterocycles. The zero-order valence-electron chi connectivity index (χ0n) is 17.2. The minimum atomic E-state index is -0.128. The number of hydrogen-bond acceptors (Lipinski definition) is 4. The summed E-state index contributed by atoms with van der Waals surface area (Å²) in [5.41, 5.74) is 7.86. The van der Waals surface area contributed by atoms with Gasteiger partial charge in [0.1, 0.15) is 5.75 Å². The number of nitrogens with zero attached hydrogens (tertiary/aromatic N) is 2. The molecule has 0 fully saturated rings. The highest BCUT2D eigenvalue weighted by molar-refractivity contribution is 7.99. The Morgan fingerprint density at radius 1 is 1.17 bits per heavy atom. The van der Waals surface area contributed by atoms with Crippen molar-refractivity contribution in [1.82, 2.24) is 9.99 Å². The molecule has 3 aromatic rings. The first kappa shape index (κ1) is 22.0. The number of aromatic nitrogens is 1. The third-order valence-corrected chi connectivity index (χ3v) is 5.86. The standard InChI is InChI=1S/C23H24ClN3O2S/c1-16-12-19(17(2)27(16)21-8-6-20(24)7-9-21)13-25-26-23(28)15-30-14-18-4-10-22(29-3)11-5-18/h4-13H,14-15H2,1-3H3,(H,26,28)/b25-13-. The first-order chi connectivity index (χ1) is 14.5. The molecule has 1 aromatic heterocycles. The number of halogens is 1. The fourth-order valence-corrected chi connectivity index (χ4v) is 4.00. The van der Waals surface area contributed by atoms with Gasteiger partial charge in [0.2, 0.25) is 5.91 Å². The van der Waals surface area contributed by atoms with E-state index in [0.717, 1.165) is 39.7 Å². The van der Waals surface area contributed by atoms with Gasteiger partial charge in [-0.3, -0.25) is 4.79 Å². The van der Waals surface area contributed by atoms with Crippen LogP contribution in [0.2, 0.25) is 5.02 Å². The number of hydrazone groups is 1. The van der Waals surface area contributed by atoms with Gasteiger partial charge in [0.15, 0.2) is 0 Å². The molecule has 0 bridgehead atoms. The van der Waals surface area contributed by atoms with Gasteiger partial charge in [-0.25, -0.2) is 5.43 Å². The number of carbonyl (C=O) groups excluding carboxylic acids is 1. The van der Waals surface area contributed by atoms with Crippen molar-refractivity contribution in [1.29, 1.82) is 0 Å². The minimum Gasteiger partial charge on any atom is -0.497 e. The smallest absolute Gasteiger partial charge is 0.250 e. The van der Waals surface area contributed by atoms with E-state index in [9.17, 15) is 4.79 Å². The Morgan fingerprint density at radius 2 is 1.87 bits per heavy atom. The Hall–Kier alpha value is -2.70. The topological polar surface area (TPSA) is 55.6 Å². The van der Waals surface area contributed by atoms with E-state index in [1.165, 1.54) is 0 Å². The number of methoxy groups -OCH3 is 1. The molecule has 0 saturated heterocycles. The molecule has 7 heteroatoms. The number of carbonyl (C=O) groups is 1. The number of aryl methyl sites for hydroxylation is 1. The number of nitrogens with one attached hydrogen (secondary N) is 1. The van der Waals surface area contributed by atoms with Crippen molar-refractivity contribution >= 4 is 35.5 Å². The van der Waals surface area contributed by atoms with E-state index < -0.39 is 0 Å². The van der Waals surface area contributed by atoms with E-state index in [0.29, 0.717) is 10.8 Å². The molecule has 0 aliphatic rings. The maximum absolute atomic E-state index is 12.1. The van der Waals surface area contributed by atoms with Gasteiger partial charge in [-0.05, 0) is 61.9 Å². The zero-order valence-corrected chi connectivity index (χ0v) is 18.8. The van der Waals surface area contributed by atoms with Crippen LogP contribution in [0.1, 0.15) is 22.5 Å². The van der Waals surface area contributed by atoms with E-state index in [4.69, 9.17) is 16.3 Å². The lowest BCUT2D eigenvalue weighted by Crippen LogP contribution is -2.19. The average molecular weight is 442 g/mol. The van der Waals surface area contributed by atoms with Crippen LogP contribution < -0.4 is 10.2 Å². The maximum atomic E-state index is 12.1. The minimum absolute atomic E-state index is 0.128. The van der Waals surface area contributed by atoms with E-state index in [1.54, 1.807) is 25.1 Å². The van der Waals surface area contributed by atoms with E-state index >= 15 is 0 Å². The predicted octanol–water partition coefficient (Wildman–Crippen LogP) is 5.14. The Bertz CT molecular complexity index is 1030. The summed E-state index contributed by atoms with van der Waals surface area (Å²) in [7, 11) is 1.64. The molecular formula is C23H24ClN3O2S. The summed E-state index contributed by atoms with van der Waals surface area (Å²) < 4.78 is 7.28. The molecule has 1 N–H and O–H groups in total. The van der Waals surface area contributed by atoms with Crippen molar-refractivity contribution in [2.24, 2.45) is 5.10 Å². The lowest BCUT2D eigenvalue weighted by molar-refractivity contribution is -0.118. The molecule has 0 saturated carbocycles. The summed E-state index contributed by atoms with van der Waals surface area (Å²) in [6, 6.07) is 17.6. The Balaban J connectivity index is 1.52. The zero-order chi connectivity index (χ0) is 21.5. The number of benzene rings is 2. The lowest BCUT2D eigenvalue weighted by Gasteiger charge is -2.09. The van der Waals surface area contributed by atoms with Gasteiger partial charge in [0, 0.05) is 33.4 Å². The van der Waals surface area contributed by atoms with Crippen LogP contribution >= 0.6 is 23.4 Å². The highest BCUT2D eigenvalue weighted by atomic mass is 35.5. The third-order valence-electron chi connectivity index (χ3n) is 4.61. The molecule has 0 spiro atoms. The van der Waals surface area contributed by atoms with Crippen LogP contribution in [0.25, 0.3) is 5.69 Å². The van der Waals surface area contributed by atoms with Crippen LogP contribution in [0, 0.1) is 13.8 Å². The van der Waals surface area contributed by atoms with Crippen molar-refractivity contribution in [3.63, 3.8) is 0 Å². The highest BCUT2D eigenvalue weighted by Gasteiger charge is 2.09. The second kappa shape index (κ2) is 10.4. The quantitative estimate of drug-likeness (QED) is 0.389. The highest BCUT2D eigenvalue weighted by Crippen LogP contribution is 2.21. The Morgan fingerprint density at radius 3 is 2.53 bits per heavy atom.